The van der Waals surface area contributed by atoms with Crippen molar-refractivity contribution < 1.29 is 12.9 Å². The summed E-state index contributed by atoms with van der Waals surface area (Å²) in [6.07, 6.45) is 0. The lowest BCUT2D eigenvalue weighted by molar-refractivity contribution is 0.372. The first-order chi connectivity index (χ1) is 9.51. The Morgan fingerprint density at radius 1 is 1.40 bits per heavy atom. The van der Waals surface area contributed by atoms with E-state index >= 15 is 0 Å². The molecule has 20 heavy (non-hydrogen) atoms. The zero-order valence-electron chi connectivity index (χ0n) is 11.2. The van der Waals surface area contributed by atoms with Crippen molar-refractivity contribution in [1.29, 1.82) is 0 Å². The fourth-order valence-electron chi connectivity index (χ4n) is 1.50. The van der Waals surface area contributed by atoms with E-state index in [9.17, 15) is 8.42 Å². The van der Waals surface area contributed by atoms with E-state index in [0.29, 0.717) is 12.4 Å². The Balaban J connectivity index is 2.00. The number of aryl methyl sites for hydroxylation is 1. The molecule has 0 unspecified atom stereocenters. The number of hydrogen-bond donors (Lipinski definition) is 2. The topological polar surface area (TPSA) is 97.1 Å². The van der Waals surface area contributed by atoms with Crippen molar-refractivity contribution in [3.05, 3.63) is 28.7 Å². The van der Waals surface area contributed by atoms with Gasteiger partial charge < -0.3 is 9.84 Å². The average Bonchev–Trinajstić information content (AvgIpc) is 3.03. The Morgan fingerprint density at radius 3 is 2.85 bits per heavy atom. The summed E-state index contributed by atoms with van der Waals surface area (Å²) in [4.78, 5) is 3.94. The minimum atomic E-state index is -3.54. The molecule has 0 amide bonds. The smallest absolute Gasteiger partial charge is 0.250 e. The largest absolute Gasteiger partial charge is 0.338 e. The van der Waals surface area contributed by atoms with Crippen LogP contribution in [0.4, 0.5) is 0 Å². The number of hydrogen-bond acceptors (Lipinski definition) is 7. The van der Waals surface area contributed by atoms with Gasteiger partial charge in [0.1, 0.15) is 4.21 Å². The molecule has 0 atom stereocenters. The van der Waals surface area contributed by atoms with E-state index in [1.54, 1.807) is 13.0 Å². The van der Waals surface area contributed by atoms with Crippen LogP contribution in [0.1, 0.15) is 24.2 Å². The SMILES string of the molecule is CCNCc1csc(S(=O)(=O)NCc2nc(C)no2)c1. The van der Waals surface area contributed by atoms with E-state index in [-0.39, 0.29) is 16.6 Å². The molecule has 0 radical (unpaired) electrons. The van der Waals surface area contributed by atoms with Crippen LogP contribution in [0.2, 0.25) is 0 Å². The third kappa shape index (κ3) is 3.85. The van der Waals surface area contributed by atoms with E-state index in [1.165, 1.54) is 11.3 Å². The summed E-state index contributed by atoms with van der Waals surface area (Å²) in [5.41, 5.74) is 0.950. The molecule has 0 bridgehead atoms. The van der Waals surface area contributed by atoms with Crippen LogP contribution in [0.3, 0.4) is 0 Å². The molecule has 0 aliphatic carbocycles. The van der Waals surface area contributed by atoms with Gasteiger partial charge in [-0.25, -0.2) is 13.1 Å². The van der Waals surface area contributed by atoms with E-state index < -0.39 is 10.0 Å². The quantitative estimate of drug-likeness (QED) is 0.792. The van der Waals surface area contributed by atoms with Gasteiger partial charge in [0.05, 0.1) is 6.54 Å². The van der Waals surface area contributed by atoms with E-state index in [1.807, 2.05) is 12.3 Å². The van der Waals surface area contributed by atoms with Crippen LogP contribution in [0.15, 0.2) is 20.2 Å². The molecule has 9 heteroatoms. The van der Waals surface area contributed by atoms with Crippen LogP contribution in [-0.2, 0) is 23.1 Å². The van der Waals surface area contributed by atoms with Crippen molar-refractivity contribution in [3.8, 4) is 0 Å². The first-order valence-electron chi connectivity index (χ1n) is 6.08. The number of nitrogens with one attached hydrogen (secondary N) is 2. The van der Waals surface area contributed by atoms with Crippen molar-refractivity contribution in [1.82, 2.24) is 20.2 Å². The monoisotopic (exact) mass is 316 g/mol. The molecule has 0 aromatic carbocycles. The van der Waals surface area contributed by atoms with Crippen molar-refractivity contribution in [2.24, 2.45) is 0 Å². The van der Waals surface area contributed by atoms with Crippen LogP contribution in [0.5, 0.6) is 0 Å². The molecule has 0 saturated carbocycles. The fourth-order valence-corrected chi connectivity index (χ4v) is 3.72. The number of thiophene rings is 1. The molecule has 2 N–H and O–H groups in total. The molecule has 2 rings (SSSR count). The Bertz CT molecular complexity index is 663. The Morgan fingerprint density at radius 2 is 2.20 bits per heavy atom. The second-order valence-electron chi connectivity index (χ2n) is 4.11. The molecule has 2 aromatic heterocycles. The summed E-state index contributed by atoms with van der Waals surface area (Å²) >= 11 is 1.19. The fraction of sp³-hybridized carbons (Fsp3) is 0.455. The molecule has 2 heterocycles. The number of sulfonamides is 1. The molecule has 2 aromatic rings. The lowest BCUT2D eigenvalue weighted by Crippen LogP contribution is -2.22. The first-order valence-corrected chi connectivity index (χ1v) is 8.44. The van der Waals surface area contributed by atoms with Gasteiger partial charge in [-0.15, -0.1) is 11.3 Å². The van der Waals surface area contributed by atoms with Crippen LogP contribution in [0.25, 0.3) is 0 Å². The van der Waals surface area contributed by atoms with Crippen LogP contribution in [0, 0.1) is 6.92 Å². The Kier molecular flexibility index (Phi) is 4.86. The summed E-state index contributed by atoms with van der Waals surface area (Å²) in [6.45, 7) is 5.16. The summed E-state index contributed by atoms with van der Waals surface area (Å²) in [7, 11) is -3.54. The molecular weight excluding hydrogens is 300 g/mol. The lowest BCUT2D eigenvalue weighted by atomic mass is 10.3. The Hall–Kier alpha value is -1.29. The molecule has 0 spiro atoms. The highest BCUT2D eigenvalue weighted by atomic mass is 32.2. The van der Waals surface area contributed by atoms with Gasteiger partial charge in [-0.2, -0.15) is 4.98 Å². The van der Waals surface area contributed by atoms with Crippen LogP contribution in [-0.4, -0.2) is 25.1 Å². The van der Waals surface area contributed by atoms with Crippen LogP contribution < -0.4 is 10.0 Å². The molecule has 0 saturated heterocycles. The number of rotatable bonds is 7. The van der Waals surface area contributed by atoms with E-state index in [0.717, 1.165) is 12.1 Å². The first kappa shape index (κ1) is 15.1. The van der Waals surface area contributed by atoms with Gasteiger partial charge in [-0.05, 0) is 30.5 Å². The maximum atomic E-state index is 12.1. The van der Waals surface area contributed by atoms with Gasteiger partial charge in [0.2, 0.25) is 5.89 Å². The minimum absolute atomic E-state index is 0.0103. The predicted octanol–water partition coefficient (Wildman–Crippen LogP) is 1.03. The maximum absolute atomic E-state index is 12.1. The molecule has 7 nitrogen and oxygen atoms in total. The van der Waals surface area contributed by atoms with Crippen molar-refractivity contribution in [2.75, 3.05) is 6.54 Å². The highest BCUT2D eigenvalue weighted by Crippen LogP contribution is 2.20. The molecular formula is C11H16N4O3S2. The maximum Gasteiger partial charge on any atom is 0.250 e. The van der Waals surface area contributed by atoms with Gasteiger partial charge in [0.25, 0.3) is 10.0 Å². The molecule has 0 aliphatic heterocycles. The van der Waals surface area contributed by atoms with Crippen molar-refractivity contribution in [3.63, 3.8) is 0 Å². The number of nitrogens with zero attached hydrogens (tertiary/aromatic N) is 2. The third-order valence-electron chi connectivity index (χ3n) is 2.46. The van der Waals surface area contributed by atoms with Crippen molar-refractivity contribution in [2.45, 2.75) is 31.1 Å². The highest BCUT2D eigenvalue weighted by Gasteiger charge is 2.17. The zero-order valence-corrected chi connectivity index (χ0v) is 12.8. The predicted molar refractivity (Wildman–Crippen MR) is 74.8 cm³/mol. The van der Waals surface area contributed by atoms with Crippen molar-refractivity contribution >= 4 is 21.4 Å². The lowest BCUT2D eigenvalue weighted by Gasteiger charge is -2.01. The molecule has 0 aliphatic rings. The Labute approximate surface area is 121 Å². The standard InChI is InChI=1S/C11H16N4O3S2/c1-3-12-5-9-4-11(19-7-9)20(16,17)13-6-10-14-8(2)15-18-10/h4,7,12-13H,3,5-6H2,1-2H3. The normalized spacial score (nSPS) is 11.9. The van der Waals surface area contributed by atoms with E-state index in [2.05, 4.69) is 20.2 Å². The zero-order chi connectivity index (χ0) is 14.6. The van der Waals surface area contributed by atoms with Gasteiger partial charge in [-0.1, -0.05) is 12.1 Å². The minimum Gasteiger partial charge on any atom is -0.338 e. The third-order valence-corrected chi connectivity index (χ3v) is 5.35. The van der Waals surface area contributed by atoms with E-state index in [4.69, 9.17) is 4.52 Å². The second-order valence-corrected chi connectivity index (χ2v) is 7.02. The molecule has 0 fully saturated rings. The highest BCUT2D eigenvalue weighted by molar-refractivity contribution is 7.91. The number of aromatic nitrogens is 2. The second kappa shape index (κ2) is 6.44. The summed E-state index contributed by atoms with van der Waals surface area (Å²) in [6, 6.07) is 1.66. The van der Waals surface area contributed by atoms with Gasteiger partial charge >= 0.3 is 0 Å². The van der Waals surface area contributed by atoms with Gasteiger partial charge in [0, 0.05) is 6.54 Å². The van der Waals surface area contributed by atoms with Crippen LogP contribution >= 0.6 is 11.3 Å². The summed E-state index contributed by atoms with van der Waals surface area (Å²) in [5, 5.41) is 8.58. The average molecular weight is 316 g/mol. The van der Waals surface area contributed by atoms with Gasteiger partial charge in [-0.3, -0.25) is 0 Å². The summed E-state index contributed by atoms with van der Waals surface area (Å²) < 4.78 is 31.8. The van der Waals surface area contributed by atoms with Gasteiger partial charge in [0.15, 0.2) is 5.82 Å². The summed E-state index contributed by atoms with van der Waals surface area (Å²) in [5.74, 6) is 0.721. The molecule has 110 valence electrons.